The summed E-state index contributed by atoms with van der Waals surface area (Å²) in [6.45, 7) is 6.92. The molecule has 21 heavy (non-hydrogen) atoms. The molecule has 1 saturated carbocycles. The van der Waals surface area contributed by atoms with Crippen molar-refractivity contribution in [3.05, 3.63) is 0 Å². The molecule has 0 radical (unpaired) electrons. The third-order valence-corrected chi connectivity index (χ3v) is 4.71. The molecule has 6 nitrogen and oxygen atoms in total. The van der Waals surface area contributed by atoms with Gasteiger partial charge in [0.1, 0.15) is 0 Å². The van der Waals surface area contributed by atoms with Gasteiger partial charge in [0.05, 0.1) is 5.25 Å². The van der Waals surface area contributed by atoms with Gasteiger partial charge in [0, 0.05) is 12.6 Å². The quantitative estimate of drug-likeness (QED) is 0.816. The number of amides is 1. The summed E-state index contributed by atoms with van der Waals surface area (Å²) in [5, 5.41) is 15.4. The third kappa shape index (κ3) is 4.98. The van der Waals surface area contributed by atoms with E-state index < -0.39 is 0 Å². The van der Waals surface area contributed by atoms with Crippen molar-refractivity contribution in [3.63, 3.8) is 0 Å². The second-order valence-electron chi connectivity index (χ2n) is 6.14. The Morgan fingerprint density at radius 2 is 2.05 bits per heavy atom. The number of tetrazole rings is 1. The lowest BCUT2D eigenvalue weighted by molar-refractivity contribution is -0.121. The van der Waals surface area contributed by atoms with E-state index in [1.54, 1.807) is 4.68 Å². The SMILES string of the molecule is CC(C)Cn1nnnc1SC(C)C(=O)NC1CCCCC1. The number of hydrogen-bond acceptors (Lipinski definition) is 5. The van der Waals surface area contributed by atoms with Crippen LogP contribution in [0.1, 0.15) is 52.9 Å². The van der Waals surface area contributed by atoms with Crippen LogP contribution in [-0.4, -0.2) is 37.4 Å². The second-order valence-corrected chi connectivity index (χ2v) is 7.45. The summed E-state index contributed by atoms with van der Waals surface area (Å²) in [7, 11) is 0. The minimum absolute atomic E-state index is 0.0889. The van der Waals surface area contributed by atoms with E-state index in [-0.39, 0.29) is 11.2 Å². The second kappa shape index (κ2) is 7.77. The van der Waals surface area contributed by atoms with Crippen molar-refractivity contribution in [3.8, 4) is 0 Å². The summed E-state index contributed by atoms with van der Waals surface area (Å²) in [4.78, 5) is 12.3. The Morgan fingerprint density at radius 1 is 1.33 bits per heavy atom. The molecule has 1 unspecified atom stereocenters. The normalized spacial score (nSPS) is 17.9. The van der Waals surface area contributed by atoms with Crippen LogP contribution in [0.15, 0.2) is 5.16 Å². The van der Waals surface area contributed by atoms with Gasteiger partial charge in [0.15, 0.2) is 0 Å². The van der Waals surface area contributed by atoms with Gasteiger partial charge in [-0.2, -0.15) is 0 Å². The number of nitrogens with zero attached hydrogens (tertiary/aromatic N) is 4. The van der Waals surface area contributed by atoms with Crippen LogP contribution in [0.4, 0.5) is 0 Å². The molecule has 118 valence electrons. The molecule has 1 aromatic heterocycles. The Hall–Kier alpha value is -1.11. The molecule has 1 aromatic rings. The first kappa shape index (κ1) is 16.3. The van der Waals surface area contributed by atoms with E-state index in [1.165, 1.54) is 31.0 Å². The molecule has 1 fully saturated rings. The van der Waals surface area contributed by atoms with Gasteiger partial charge < -0.3 is 5.32 Å². The molecule has 2 rings (SSSR count). The number of nitrogens with one attached hydrogen (secondary N) is 1. The zero-order valence-corrected chi connectivity index (χ0v) is 13.9. The Balaban J connectivity index is 1.86. The predicted octanol–water partition coefficient (Wildman–Crippen LogP) is 2.26. The monoisotopic (exact) mass is 311 g/mol. The van der Waals surface area contributed by atoms with E-state index in [1.807, 2.05) is 6.92 Å². The first-order valence-electron chi connectivity index (χ1n) is 7.79. The Labute approximate surface area is 130 Å². The molecule has 1 amide bonds. The topological polar surface area (TPSA) is 72.7 Å². The average molecular weight is 311 g/mol. The lowest BCUT2D eigenvalue weighted by atomic mass is 9.95. The molecule has 0 bridgehead atoms. The van der Waals surface area contributed by atoms with Gasteiger partial charge in [0.2, 0.25) is 11.1 Å². The summed E-state index contributed by atoms with van der Waals surface area (Å²) in [6.07, 6.45) is 5.95. The fourth-order valence-electron chi connectivity index (χ4n) is 2.52. The van der Waals surface area contributed by atoms with E-state index in [4.69, 9.17) is 0 Å². The number of carbonyl (C=O) groups excluding carboxylic acids is 1. The fourth-order valence-corrected chi connectivity index (χ4v) is 3.33. The standard InChI is InChI=1S/C14H25N5OS/c1-10(2)9-19-14(16-17-18-19)21-11(3)13(20)15-12-7-5-4-6-8-12/h10-12H,4-9H2,1-3H3,(H,15,20). The molecule has 0 aromatic carbocycles. The predicted molar refractivity (Wildman–Crippen MR) is 83.0 cm³/mol. The van der Waals surface area contributed by atoms with Crippen LogP contribution in [0, 0.1) is 5.92 Å². The Bertz CT molecular complexity index is 456. The van der Waals surface area contributed by atoms with Crippen molar-refractivity contribution < 1.29 is 4.79 Å². The van der Waals surface area contributed by atoms with E-state index in [0.717, 1.165) is 24.5 Å². The summed E-state index contributed by atoms with van der Waals surface area (Å²) in [6, 6.07) is 0.348. The smallest absolute Gasteiger partial charge is 0.233 e. The molecule has 1 aliphatic rings. The minimum Gasteiger partial charge on any atom is -0.352 e. The number of hydrogen-bond donors (Lipinski definition) is 1. The van der Waals surface area contributed by atoms with Gasteiger partial charge in [-0.05, 0) is 36.1 Å². The summed E-state index contributed by atoms with van der Waals surface area (Å²) < 4.78 is 1.78. The van der Waals surface area contributed by atoms with Crippen LogP contribution in [0.2, 0.25) is 0 Å². The zero-order chi connectivity index (χ0) is 15.2. The summed E-state index contributed by atoms with van der Waals surface area (Å²) in [5.74, 6) is 0.560. The molecule has 1 N–H and O–H groups in total. The molecule has 7 heteroatoms. The van der Waals surface area contributed by atoms with Gasteiger partial charge in [0.25, 0.3) is 0 Å². The van der Waals surface area contributed by atoms with Gasteiger partial charge in [-0.1, -0.05) is 44.9 Å². The van der Waals surface area contributed by atoms with Crippen molar-refractivity contribution in [1.29, 1.82) is 0 Å². The number of rotatable bonds is 6. The number of thioether (sulfide) groups is 1. The van der Waals surface area contributed by atoms with Gasteiger partial charge in [-0.25, -0.2) is 4.68 Å². The molecule has 1 heterocycles. The summed E-state index contributed by atoms with van der Waals surface area (Å²) in [5.41, 5.74) is 0. The highest BCUT2D eigenvalue weighted by Crippen LogP contribution is 2.22. The lowest BCUT2D eigenvalue weighted by Gasteiger charge is -2.24. The Kier molecular flexibility index (Phi) is 6.02. The average Bonchev–Trinajstić information content (AvgIpc) is 2.86. The highest BCUT2D eigenvalue weighted by atomic mass is 32.2. The largest absolute Gasteiger partial charge is 0.352 e. The molecule has 1 atom stereocenters. The van der Waals surface area contributed by atoms with Crippen LogP contribution < -0.4 is 5.32 Å². The zero-order valence-electron chi connectivity index (χ0n) is 13.1. The maximum absolute atomic E-state index is 12.3. The minimum atomic E-state index is -0.177. The van der Waals surface area contributed by atoms with Crippen LogP contribution >= 0.6 is 11.8 Å². The van der Waals surface area contributed by atoms with Crippen molar-refractivity contribution in [2.75, 3.05) is 0 Å². The van der Waals surface area contributed by atoms with Crippen molar-refractivity contribution in [2.45, 2.75) is 75.9 Å². The van der Waals surface area contributed by atoms with E-state index in [9.17, 15) is 4.79 Å². The first-order chi connectivity index (χ1) is 10.1. The van der Waals surface area contributed by atoms with Gasteiger partial charge in [-0.15, -0.1) is 5.10 Å². The maximum Gasteiger partial charge on any atom is 0.233 e. The van der Waals surface area contributed by atoms with Gasteiger partial charge >= 0.3 is 0 Å². The molecule has 0 spiro atoms. The van der Waals surface area contributed by atoms with Crippen molar-refractivity contribution >= 4 is 17.7 Å². The molecule has 0 saturated heterocycles. The van der Waals surface area contributed by atoms with Gasteiger partial charge in [-0.3, -0.25) is 4.79 Å². The fraction of sp³-hybridized carbons (Fsp3) is 0.857. The first-order valence-corrected chi connectivity index (χ1v) is 8.67. The summed E-state index contributed by atoms with van der Waals surface area (Å²) >= 11 is 1.43. The van der Waals surface area contributed by atoms with Crippen LogP contribution in [0.3, 0.4) is 0 Å². The Morgan fingerprint density at radius 3 is 2.71 bits per heavy atom. The van der Waals surface area contributed by atoms with Crippen LogP contribution in [0.5, 0.6) is 0 Å². The number of aromatic nitrogens is 4. The van der Waals surface area contributed by atoms with E-state index in [2.05, 4.69) is 34.7 Å². The molecule has 1 aliphatic carbocycles. The van der Waals surface area contributed by atoms with Crippen molar-refractivity contribution in [1.82, 2.24) is 25.5 Å². The molecular formula is C14H25N5OS. The van der Waals surface area contributed by atoms with E-state index in [0.29, 0.717) is 12.0 Å². The van der Waals surface area contributed by atoms with Crippen LogP contribution in [-0.2, 0) is 11.3 Å². The molecular weight excluding hydrogens is 286 g/mol. The third-order valence-electron chi connectivity index (χ3n) is 3.64. The van der Waals surface area contributed by atoms with Crippen molar-refractivity contribution in [2.24, 2.45) is 5.92 Å². The van der Waals surface area contributed by atoms with E-state index >= 15 is 0 Å². The highest BCUT2D eigenvalue weighted by molar-refractivity contribution is 8.00. The highest BCUT2D eigenvalue weighted by Gasteiger charge is 2.22. The molecule has 0 aliphatic heterocycles. The maximum atomic E-state index is 12.3. The lowest BCUT2D eigenvalue weighted by Crippen LogP contribution is -2.40. The number of carbonyl (C=O) groups is 1. The van der Waals surface area contributed by atoms with Crippen LogP contribution in [0.25, 0.3) is 0 Å².